The van der Waals surface area contributed by atoms with Gasteiger partial charge in [0, 0.05) is 62.3 Å². The number of piperazine rings is 1. The molecular weight excluding hydrogens is 525 g/mol. The summed E-state index contributed by atoms with van der Waals surface area (Å²) in [5, 5.41) is 2.70. The fourth-order valence-electron chi connectivity index (χ4n) is 4.97. The fourth-order valence-corrected chi connectivity index (χ4v) is 5.93. The highest BCUT2D eigenvalue weighted by atomic mass is 32.1. The monoisotopic (exact) mass is 554 g/mol. The topological polar surface area (TPSA) is 56.8 Å². The predicted octanol–water partition coefficient (Wildman–Crippen LogP) is 5.54. The molecule has 204 valence electrons. The van der Waals surface area contributed by atoms with Crippen LogP contribution in [0.15, 0.2) is 66.1 Å². The second kappa shape index (κ2) is 11.6. The molecule has 1 aromatic heterocycles. The number of carbonyl (C=O) groups is 2. The third kappa shape index (κ3) is 6.50. The first kappa shape index (κ1) is 26.9. The zero-order chi connectivity index (χ0) is 27.4. The quantitative estimate of drug-likeness (QED) is 0.389. The summed E-state index contributed by atoms with van der Waals surface area (Å²) < 4.78 is 39.2. The van der Waals surface area contributed by atoms with Crippen molar-refractivity contribution in [3.8, 4) is 0 Å². The predicted molar refractivity (Wildman–Crippen MR) is 146 cm³/mol. The number of anilines is 1. The molecule has 3 heterocycles. The van der Waals surface area contributed by atoms with Gasteiger partial charge in [0.25, 0.3) is 5.91 Å². The van der Waals surface area contributed by atoms with E-state index in [9.17, 15) is 22.8 Å². The van der Waals surface area contributed by atoms with Gasteiger partial charge in [0.2, 0.25) is 5.91 Å². The largest absolute Gasteiger partial charge is 0.416 e. The van der Waals surface area contributed by atoms with E-state index in [2.05, 4.69) is 4.98 Å². The van der Waals surface area contributed by atoms with Crippen LogP contribution in [0.1, 0.15) is 45.4 Å². The van der Waals surface area contributed by atoms with Gasteiger partial charge in [0.05, 0.1) is 10.6 Å². The lowest BCUT2D eigenvalue weighted by atomic mass is 9.97. The highest BCUT2D eigenvalue weighted by Crippen LogP contribution is 2.33. The van der Waals surface area contributed by atoms with Gasteiger partial charge in [-0.15, -0.1) is 11.3 Å². The minimum Gasteiger partial charge on any atom is -0.368 e. The molecule has 0 aliphatic carbocycles. The number of rotatable bonds is 5. The van der Waals surface area contributed by atoms with E-state index in [-0.39, 0.29) is 17.7 Å². The Morgan fingerprint density at radius 2 is 1.62 bits per heavy atom. The summed E-state index contributed by atoms with van der Waals surface area (Å²) in [5.74, 6) is 0.0490. The van der Waals surface area contributed by atoms with E-state index < -0.39 is 11.7 Å². The third-order valence-corrected chi connectivity index (χ3v) is 8.23. The molecule has 2 saturated heterocycles. The van der Waals surface area contributed by atoms with Gasteiger partial charge in [-0.05, 0) is 42.7 Å². The standard InChI is InChI=1S/C29H29F3N4O2S/c30-29(31,32)23-7-4-8-24(19-23)34-15-17-36(18-16-34)28(38)25-20-39-27(33-25)22-11-13-35(14-12-22)26(37)10-9-21-5-2-1-3-6-21/h1-10,19-20,22H,11-18H2. The van der Waals surface area contributed by atoms with Crippen LogP contribution in [0, 0.1) is 0 Å². The van der Waals surface area contributed by atoms with Crippen molar-refractivity contribution in [1.29, 1.82) is 0 Å². The Hall–Kier alpha value is -3.66. The molecule has 6 nitrogen and oxygen atoms in total. The Labute approximate surface area is 229 Å². The Morgan fingerprint density at radius 3 is 2.31 bits per heavy atom. The van der Waals surface area contributed by atoms with Crippen molar-refractivity contribution >= 4 is 34.9 Å². The smallest absolute Gasteiger partial charge is 0.368 e. The van der Waals surface area contributed by atoms with Crippen molar-refractivity contribution in [3.63, 3.8) is 0 Å². The number of carbonyl (C=O) groups excluding carboxylic acids is 2. The van der Waals surface area contributed by atoms with Crippen LogP contribution in [0.2, 0.25) is 0 Å². The maximum Gasteiger partial charge on any atom is 0.416 e. The number of amides is 2. The van der Waals surface area contributed by atoms with E-state index in [1.54, 1.807) is 22.4 Å². The maximum absolute atomic E-state index is 13.1. The SMILES string of the molecule is O=C(C=Cc1ccccc1)N1CCC(c2nc(C(=O)N3CCN(c4cccc(C(F)(F)F)c4)CC3)cs2)CC1. The molecule has 2 fully saturated rings. The maximum atomic E-state index is 13.1. The molecule has 2 aliphatic rings. The molecule has 39 heavy (non-hydrogen) atoms. The number of thiazole rings is 1. The van der Waals surface area contributed by atoms with Crippen molar-refractivity contribution in [2.24, 2.45) is 0 Å². The summed E-state index contributed by atoms with van der Waals surface area (Å²) in [6.07, 6.45) is 0.639. The van der Waals surface area contributed by atoms with E-state index in [1.165, 1.54) is 17.4 Å². The molecule has 10 heteroatoms. The first-order valence-corrected chi connectivity index (χ1v) is 13.8. The molecule has 0 N–H and O–H groups in total. The van der Waals surface area contributed by atoms with E-state index in [4.69, 9.17) is 0 Å². The van der Waals surface area contributed by atoms with Gasteiger partial charge in [-0.2, -0.15) is 13.2 Å². The number of halogens is 3. The van der Waals surface area contributed by atoms with E-state index in [0.717, 1.165) is 35.5 Å². The average Bonchev–Trinajstić information content (AvgIpc) is 3.46. The first-order valence-electron chi connectivity index (χ1n) is 13.0. The van der Waals surface area contributed by atoms with Gasteiger partial charge in [0.15, 0.2) is 0 Å². The van der Waals surface area contributed by atoms with Crippen molar-refractivity contribution in [1.82, 2.24) is 14.8 Å². The van der Waals surface area contributed by atoms with Crippen molar-refractivity contribution in [2.75, 3.05) is 44.2 Å². The van der Waals surface area contributed by atoms with Crippen LogP contribution in [0.3, 0.4) is 0 Å². The zero-order valence-electron chi connectivity index (χ0n) is 21.3. The average molecular weight is 555 g/mol. The summed E-state index contributed by atoms with van der Waals surface area (Å²) in [6.45, 7) is 3.02. The molecule has 0 spiro atoms. The molecular formula is C29H29F3N4O2S. The van der Waals surface area contributed by atoms with Crippen LogP contribution in [-0.2, 0) is 11.0 Å². The molecule has 0 atom stereocenters. The summed E-state index contributed by atoms with van der Waals surface area (Å²) >= 11 is 1.47. The number of piperidine rings is 1. The van der Waals surface area contributed by atoms with Crippen LogP contribution in [0.5, 0.6) is 0 Å². The Morgan fingerprint density at radius 1 is 0.897 bits per heavy atom. The van der Waals surface area contributed by atoms with Crippen LogP contribution < -0.4 is 4.90 Å². The molecule has 3 aromatic rings. The second-order valence-corrected chi connectivity index (χ2v) is 10.6. The van der Waals surface area contributed by atoms with E-state index in [0.29, 0.717) is 50.6 Å². The molecule has 0 unspecified atom stereocenters. The van der Waals surface area contributed by atoms with Gasteiger partial charge < -0.3 is 14.7 Å². The number of aromatic nitrogens is 1. The third-order valence-electron chi connectivity index (χ3n) is 7.22. The Kier molecular flexibility index (Phi) is 8.02. The first-order chi connectivity index (χ1) is 18.8. The van der Waals surface area contributed by atoms with E-state index in [1.807, 2.05) is 46.2 Å². The highest BCUT2D eigenvalue weighted by molar-refractivity contribution is 7.09. The van der Waals surface area contributed by atoms with Gasteiger partial charge in [-0.1, -0.05) is 36.4 Å². The van der Waals surface area contributed by atoms with Crippen molar-refractivity contribution in [3.05, 3.63) is 87.9 Å². The van der Waals surface area contributed by atoms with Crippen molar-refractivity contribution in [2.45, 2.75) is 24.9 Å². The molecule has 0 bridgehead atoms. The number of nitrogens with zero attached hydrogens (tertiary/aromatic N) is 4. The number of hydrogen-bond donors (Lipinski definition) is 0. The highest BCUT2D eigenvalue weighted by Gasteiger charge is 2.32. The van der Waals surface area contributed by atoms with Crippen molar-refractivity contribution < 1.29 is 22.8 Å². The summed E-state index contributed by atoms with van der Waals surface area (Å²) in [7, 11) is 0. The summed E-state index contributed by atoms with van der Waals surface area (Å²) in [4.78, 5) is 35.7. The molecule has 0 saturated carbocycles. The minimum atomic E-state index is -4.39. The molecule has 5 rings (SSSR count). The van der Waals surface area contributed by atoms with Crippen LogP contribution in [0.4, 0.5) is 18.9 Å². The zero-order valence-corrected chi connectivity index (χ0v) is 22.1. The fraction of sp³-hybridized carbons (Fsp3) is 0.345. The minimum absolute atomic E-state index is 0.00316. The molecule has 2 aliphatic heterocycles. The number of benzene rings is 2. The van der Waals surface area contributed by atoms with Crippen LogP contribution in [0.25, 0.3) is 6.08 Å². The lowest BCUT2D eigenvalue weighted by molar-refractivity contribution is -0.137. The van der Waals surface area contributed by atoms with Gasteiger partial charge in [-0.25, -0.2) is 4.98 Å². The Balaban J connectivity index is 1.12. The normalized spacial score (nSPS) is 17.2. The summed E-state index contributed by atoms with van der Waals surface area (Å²) in [5.41, 5.74) is 1.23. The number of hydrogen-bond acceptors (Lipinski definition) is 5. The van der Waals surface area contributed by atoms with Crippen LogP contribution in [-0.4, -0.2) is 65.9 Å². The van der Waals surface area contributed by atoms with E-state index >= 15 is 0 Å². The second-order valence-electron chi connectivity index (χ2n) is 9.74. The van der Waals surface area contributed by atoms with Gasteiger partial charge in [-0.3, -0.25) is 9.59 Å². The molecule has 2 aromatic carbocycles. The number of likely N-dealkylation sites (tertiary alicyclic amines) is 1. The molecule has 2 amide bonds. The summed E-state index contributed by atoms with van der Waals surface area (Å²) in [6, 6.07) is 15.0. The number of alkyl halides is 3. The lowest BCUT2D eigenvalue weighted by Gasteiger charge is -2.36. The van der Waals surface area contributed by atoms with Gasteiger partial charge in [0.1, 0.15) is 5.69 Å². The Bertz CT molecular complexity index is 1330. The van der Waals surface area contributed by atoms with Crippen LogP contribution >= 0.6 is 11.3 Å². The van der Waals surface area contributed by atoms with Gasteiger partial charge >= 0.3 is 6.18 Å². The lowest BCUT2D eigenvalue weighted by Crippen LogP contribution is -2.49. The molecule has 0 radical (unpaired) electrons.